The smallest absolute Gasteiger partial charge is 0.416 e. The lowest BCUT2D eigenvalue weighted by atomic mass is 9.91. The van der Waals surface area contributed by atoms with E-state index in [4.69, 9.17) is 16.7 Å². The molecule has 2 rings (SSSR count). The van der Waals surface area contributed by atoms with Crippen molar-refractivity contribution in [1.82, 2.24) is 0 Å². The van der Waals surface area contributed by atoms with Gasteiger partial charge in [-0.25, -0.2) is 0 Å². The van der Waals surface area contributed by atoms with Gasteiger partial charge in [0.1, 0.15) is 0 Å². The second kappa shape index (κ2) is 7.31. The number of carboxylic acids is 1. The third kappa shape index (κ3) is 4.86. The van der Waals surface area contributed by atoms with Gasteiger partial charge in [0.25, 0.3) is 0 Å². The fourth-order valence-electron chi connectivity index (χ4n) is 2.57. The predicted molar refractivity (Wildman–Crippen MR) is 91.7 cm³/mol. The first-order chi connectivity index (χ1) is 11.6. The number of hydrogen-bond donors (Lipinski definition) is 1. The number of carboxylic acid groups (broad SMARTS) is 1. The molecule has 0 aliphatic carbocycles. The van der Waals surface area contributed by atoms with Gasteiger partial charge in [-0.3, -0.25) is 4.79 Å². The average molecular weight is 369 g/mol. The third-order valence-electron chi connectivity index (χ3n) is 3.76. The third-order valence-corrected chi connectivity index (χ3v) is 3.99. The summed E-state index contributed by atoms with van der Waals surface area (Å²) >= 11 is 6.01. The van der Waals surface area contributed by atoms with E-state index < -0.39 is 17.7 Å². The van der Waals surface area contributed by atoms with Crippen LogP contribution in [0.2, 0.25) is 5.02 Å². The maximum atomic E-state index is 13.1. The van der Waals surface area contributed by atoms with Crippen LogP contribution in [-0.4, -0.2) is 11.1 Å². The number of aryl methyl sites for hydroxylation is 2. The molecule has 2 aromatic rings. The first-order valence-corrected chi connectivity index (χ1v) is 7.84. The van der Waals surface area contributed by atoms with Crippen molar-refractivity contribution in [2.24, 2.45) is 0 Å². The molecule has 0 aromatic heterocycles. The van der Waals surface area contributed by atoms with Crippen molar-refractivity contribution in [2.45, 2.75) is 25.9 Å². The summed E-state index contributed by atoms with van der Waals surface area (Å²) in [4.78, 5) is 10.8. The molecule has 0 saturated heterocycles. The number of hydrogen-bond acceptors (Lipinski definition) is 1. The molecule has 6 heteroatoms. The van der Waals surface area contributed by atoms with Gasteiger partial charge in [0.15, 0.2) is 0 Å². The zero-order valence-electron chi connectivity index (χ0n) is 13.5. The molecule has 0 amide bonds. The number of halogens is 4. The molecule has 2 aromatic carbocycles. The Morgan fingerprint density at radius 2 is 1.88 bits per heavy atom. The van der Waals surface area contributed by atoms with Crippen molar-refractivity contribution in [3.05, 3.63) is 75.8 Å². The van der Waals surface area contributed by atoms with Crippen LogP contribution < -0.4 is 0 Å². The summed E-state index contributed by atoms with van der Waals surface area (Å²) < 4.78 is 39.2. The van der Waals surface area contributed by atoms with Crippen LogP contribution in [0.3, 0.4) is 0 Å². The van der Waals surface area contributed by atoms with Crippen molar-refractivity contribution in [1.29, 1.82) is 0 Å². The lowest BCUT2D eigenvalue weighted by Gasteiger charge is -2.15. The van der Waals surface area contributed by atoms with Crippen LogP contribution in [-0.2, 0) is 17.4 Å². The standard InChI is InChI=1S/C19H16ClF3O2/c1-11-7-14(9-15(8-11)19(21,22)23)12(2)17-10-16(20)5-3-13(17)4-6-18(24)25/h3,5,7-10H,2,4,6H2,1H3,(H,24,25). The van der Waals surface area contributed by atoms with Crippen molar-refractivity contribution in [3.8, 4) is 0 Å². The summed E-state index contributed by atoms with van der Waals surface area (Å²) in [6.45, 7) is 5.49. The van der Waals surface area contributed by atoms with Gasteiger partial charge in [-0.15, -0.1) is 0 Å². The summed E-state index contributed by atoms with van der Waals surface area (Å²) in [6.07, 6.45) is -4.32. The molecule has 132 valence electrons. The van der Waals surface area contributed by atoms with E-state index in [0.29, 0.717) is 32.8 Å². The highest BCUT2D eigenvalue weighted by atomic mass is 35.5. The molecule has 0 aliphatic rings. The van der Waals surface area contributed by atoms with Crippen LogP contribution in [0.15, 0.2) is 43.0 Å². The van der Waals surface area contributed by atoms with Crippen molar-refractivity contribution >= 4 is 23.1 Å². The molecule has 1 N–H and O–H groups in total. The van der Waals surface area contributed by atoms with Crippen molar-refractivity contribution in [3.63, 3.8) is 0 Å². The molecule has 0 spiro atoms. The molecular weight excluding hydrogens is 353 g/mol. The van der Waals surface area contributed by atoms with E-state index in [0.717, 1.165) is 12.1 Å². The summed E-state index contributed by atoms with van der Waals surface area (Å²) in [6, 6.07) is 8.60. The maximum absolute atomic E-state index is 13.1. The number of benzene rings is 2. The van der Waals surface area contributed by atoms with Crippen molar-refractivity contribution < 1.29 is 23.1 Å². The van der Waals surface area contributed by atoms with Gasteiger partial charge in [0.2, 0.25) is 0 Å². The molecule has 25 heavy (non-hydrogen) atoms. The highest BCUT2D eigenvalue weighted by Gasteiger charge is 2.31. The fraction of sp³-hybridized carbons (Fsp3) is 0.211. The number of rotatable bonds is 5. The molecule has 0 heterocycles. The van der Waals surface area contributed by atoms with Crippen molar-refractivity contribution in [2.75, 3.05) is 0 Å². The monoisotopic (exact) mass is 368 g/mol. The van der Waals surface area contributed by atoms with E-state index in [-0.39, 0.29) is 12.8 Å². The van der Waals surface area contributed by atoms with Crippen LogP contribution >= 0.6 is 11.6 Å². The number of aliphatic carboxylic acids is 1. The molecule has 0 atom stereocenters. The highest BCUT2D eigenvalue weighted by Crippen LogP contribution is 2.34. The summed E-state index contributed by atoms with van der Waals surface area (Å²) in [5, 5.41) is 9.27. The molecule has 0 fully saturated rings. The lowest BCUT2D eigenvalue weighted by Crippen LogP contribution is -2.06. The molecule has 0 bridgehead atoms. The van der Waals surface area contributed by atoms with E-state index in [2.05, 4.69) is 6.58 Å². The second-order valence-corrected chi connectivity index (χ2v) is 6.20. The molecule has 0 radical (unpaired) electrons. The minimum absolute atomic E-state index is 0.0937. The van der Waals surface area contributed by atoms with Crippen LogP contribution in [0.1, 0.15) is 34.2 Å². The Balaban J connectivity index is 2.49. The van der Waals surface area contributed by atoms with Crippen LogP contribution in [0.5, 0.6) is 0 Å². The van der Waals surface area contributed by atoms with Gasteiger partial charge in [0.05, 0.1) is 5.56 Å². The quantitative estimate of drug-likeness (QED) is 0.730. The first-order valence-electron chi connectivity index (χ1n) is 7.46. The number of alkyl halides is 3. The first kappa shape index (κ1) is 19.1. The Morgan fingerprint density at radius 3 is 2.48 bits per heavy atom. The van der Waals surface area contributed by atoms with E-state index >= 15 is 0 Å². The number of carbonyl (C=O) groups is 1. The van der Waals surface area contributed by atoms with Gasteiger partial charge in [0, 0.05) is 11.4 Å². The zero-order valence-corrected chi connectivity index (χ0v) is 14.2. The topological polar surface area (TPSA) is 37.3 Å². The summed E-state index contributed by atoms with van der Waals surface area (Å²) in [5.74, 6) is -0.957. The minimum atomic E-state index is -4.46. The van der Waals surface area contributed by atoms with Gasteiger partial charge in [-0.2, -0.15) is 13.2 Å². The Kier molecular flexibility index (Phi) is 5.58. The normalized spacial score (nSPS) is 11.4. The van der Waals surface area contributed by atoms with E-state index in [1.807, 2.05) is 0 Å². The Morgan fingerprint density at radius 1 is 1.20 bits per heavy atom. The Hall–Kier alpha value is -2.27. The second-order valence-electron chi connectivity index (χ2n) is 5.76. The van der Waals surface area contributed by atoms with Gasteiger partial charge < -0.3 is 5.11 Å². The Labute approximate surface area is 148 Å². The van der Waals surface area contributed by atoms with E-state index in [1.54, 1.807) is 31.2 Å². The maximum Gasteiger partial charge on any atom is 0.416 e. The fourth-order valence-corrected chi connectivity index (χ4v) is 2.74. The zero-order chi connectivity index (χ0) is 18.8. The van der Waals surface area contributed by atoms with Gasteiger partial charge in [-0.1, -0.05) is 30.3 Å². The molecule has 0 aliphatic heterocycles. The highest BCUT2D eigenvalue weighted by molar-refractivity contribution is 6.30. The van der Waals surface area contributed by atoms with E-state index in [9.17, 15) is 18.0 Å². The Bertz CT molecular complexity index is 826. The summed E-state index contributed by atoms with van der Waals surface area (Å²) in [7, 11) is 0. The SMILES string of the molecule is C=C(c1cc(C)cc(C(F)(F)F)c1)c1cc(Cl)ccc1CCC(=O)O. The molecule has 0 unspecified atom stereocenters. The molecule has 2 nitrogen and oxygen atoms in total. The summed E-state index contributed by atoms with van der Waals surface area (Å²) in [5.41, 5.74) is 1.63. The molecular formula is C19H16ClF3O2. The van der Waals surface area contributed by atoms with Gasteiger partial charge >= 0.3 is 12.1 Å². The lowest BCUT2D eigenvalue weighted by molar-refractivity contribution is -0.138. The molecule has 0 saturated carbocycles. The minimum Gasteiger partial charge on any atom is -0.481 e. The van der Waals surface area contributed by atoms with Crippen LogP contribution in [0.4, 0.5) is 13.2 Å². The largest absolute Gasteiger partial charge is 0.481 e. The van der Waals surface area contributed by atoms with Crippen LogP contribution in [0.25, 0.3) is 5.57 Å². The van der Waals surface area contributed by atoms with E-state index in [1.165, 1.54) is 0 Å². The average Bonchev–Trinajstić information content (AvgIpc) is 2.51. The van der Waals surface area contributed by atoms with Gasteiger partial charge in [-0.05, 0) is 65.4 Å². The predicted octanol–water partition coefficient (Wildman–Crippen LogP) is 5.75. The van der Waals surface area contributed by atoms with Crippen LogP contribution in [0, 0.1) is 6.92 Å².